The van der Waals surface area contributed by atoms with Crippen molar-refractivity contribution in [1.29, 1.82) is 0 Å². The number of hydrogen-bond donors (Lipinski definition) is 0. The van der Waals surface area contributed by atoms with Crippen LogP contribution in [0.25, 0.3) is 0 Å². The third-order valence-electron chi connectivity index (χ3n) is 5.81. The van der Waals surface area contributed by atoms with Crippen LogP contribution in [0.3, 0.4) is 0 Å². The Morgan fingerprint density at radius 2 is 1.69 bits per heavy atom. The van der Waals surface area contributed by atoms with Crippen molar-refractivity contribution < 1.29 is 23.7 Å². The second-order valence-electron chi connectivity index (χ2n) is 8.93. The molecule has 0 unspecified atom stereocenters. The van der Waals surface area contributed by atoms with Gasteiger partial charge < -0.3 is 18.9 Å². The summed E-state index contributed by atoms with van der Waals surface area (Å²) >= 11 is 0. The highest BCUT2D eigenvalue weighted by Gasteiger charge is 2.22. The second kappa shape index (κ2) is 15.7. The minimum atomic E-state index is -0.0937. The summed E-state index contributed by atoms with van der Waals surface area (Å²) in [6, 6.07) is 6.20. The van der Waals surface area contributed by atoms with E-state index < -0.39 is 0 Å². The van der Waals surface area contributed by atoms with Crippen molar-refractivity contribution in [3.05, 3.63) is 35.9 Å². The molecule has 1 aromatic carbocycles. The molecule has 0 spiro atoms. The molecule has 0 bridgehead atoms. The van der Waals surface area contributed by atoms with Crippen molar-refractivity contribution in [2.24, 2.45) is 23.7 Å². The molecule has 0 N–H and O–H groups in total. The molecule has 32 heavy (non-hydrogen) atoms. The molecule has 0 saturated carbocycles. The molecule has 1 rings (SSSR count). The van der Waals surface area contributed by atoms with Crippen LogP contribution in [0.1, 0.15) is 59.4 Å². The number of carbonyl (C=O) groups excluding carboxylic acids is 1. The maximum atomic E-state index is 12.2. The minimum Gasteiger partial charge on any atom is -0.493 e. The van der Waals surface area contributed by atoms with Gasteiger partial charge in [-0.2, -0.15) is 0 Å². The molecule has 0 amide bonds. The van der Waals surface area contributed by atoms with Crippen molar-refractivity contribution in [3.63, 3.8) is 0 Å². The van der Waals surface area contributed by atoms with E-state index in [0.717, 1.165) is 37.2 Å². The van der Waals surface area contributed by atoms with Crippen molar-refractivity contribution in [1.82, 2.24) is 0 Å². The lowest BCUT2D eigenvalue weighted by Gasteiger charge is -2.21. The third kappa shape index (κ3) is 10.1. The van der Waals surface area contributed by atoms with E-state index in [4.69, 9.17) is 18.9 Å². The summed E-state index contributed by atoms with van der Waals surface area (Å²) in [6.45, 7) is 12.2. The van der Waals surface area contributed by atoms with Gasteiger partial charge in [-0.15, -0.1) is 0 Å². The molecular weight excluding hydrogens is 404 g/mol. The van der Waals surface area contributed by atoms with Crippen LogP contribution < -0.4 is 9.47 Å². The Morgan fingerprint density at radius 1 is 0.969 bits per heavy atom. The standard InChI is InChI=1S/C27H44O5/c1-8-31-27(28)24(21(4)5)13-10-9-12-23(20(2)3)18-22-14-15-25(30-7)26(19-22)32-17-11-16-29-6/h9-10,14-15,19-21,23-24H,8,11-13,16-18H2,1-7H3/t23-,24+/m1/s1. The molecule has 2 atom stereocenters. The Labute approximate surface area is 195 Å². The molecule has 0 fully saturated rings. The molecule has 0 radical (unpaired) electrons. The Bertz CT molecular complexity index is 681. The zero-order chi connectivity index (χ0) is 23.9. The molecule has 0 saturated heterocycles. The molecule has 0 aliphatic heterocycles. The van der Waals surface area contributed by atoms with Gasteiger partial charge >= 0.3 is 5.97 Å². The Morgan fingerprint density at radius 3 is 2.28 bits per heavy atom. The smallest absolute Gasteiger partial charge is 0.309 e. The van der Waals surface area contributed by atoms with Gasteiger partial charge in [-0.25, -0.2) is 0 Å². The molecule has 0 aromatic heterocycles. The summed E-state index contributed by atoms with van der Waals surface area (Å²) in [5, 5.41) is 0. The minimum absolute atomic E-state index is 0.0805. The van der Waals surface area contributed by atoms with Gasteiger partial charge in [0.15, 0.2) is 11.5 Å². The van der Waals surface area contributed by atoms with Gasteiger partial charge in [0.2, 0.25) is 0 Å². The fraction of sp³-hybridized carbons (Fsp3) is 0.667. The highest BCUT2D eigenvalue weighted by atomic mass is 16.5. The van der Waals surface area contributed by atoms with E-state index in [1.54, 1.807) is 14.2 Å². The van der Waals surface area contributed by atoms with Crippen LogP contribution in [0, 0.1) is 23.7 Å². The van der Waals surface area contributed by atoms with E-state index in [0.29, 0.717) is 31.7 Å². The lowest BCUT2D eigenvalue weighted by atomic mass is 9.86. The summed E-state index contributed by atoms with van der Waals surface area (Å²) < 4.78 is 21.7. The third-order valence-corrected chi connectivity index (χ3v) is 5.81. The Hall–Kier alpha value is -2.01. The van der Waals surface area contributed by atoms with Crippen LogP contribution in [0.4, 0.5) is 0 Å². The number of benzene rings is 1. The summed E-state index contributed by atoms with van der Waals surface area (Å²) in [6.07, 6.45) is 7.88. The lowest BCUT2D eigenvalue weighted by Crippen LogP contribution is -2.22. The van der Waals surface area contributed by atoms with Crippen LogP contribution in [0.15, 0.2) is 30.4 Å². The Balaban J connectivity index is 2.76. The van der Waals surface area contributed by atoms with Crippen LogP contribution >= 0.6 is 0 Å². The van der Waals surface area contributed by atoms with Gasteiger partial charge in [0.25, 0.3) is 0 Å². The molecule has 5 heteroatoms. The number of allylic oxidation sites excluding steroid dienone is 2. The van der Waals surface area contributed by atoms with Gasteiger partial charge in [-0.05, 0) is 61.6 Å². The number of carbonyl (C=O) groups is 1. The SMILES string of the molecule is CCOC(=O)[C@@H](CC=CC[C@H](Cc1ccc(OC)c(OCCCOC)c1)C(C)C)C(C)C. The molecule has 5 nitrogen and oxygen atoms in total. The number of esters is 1. The van der Waals surface area contributed by atoms with E-state index >= 15 is 0 Å². The van der Waals surface area contributed by atoms with E-state index in [1.807, 2.05) is 13.0 Å². The van der Waals surface area contributed by atoms with Crippen LogP contribution in [0.5, 0.6) is 11.5 Å². The second-order valence-corrected chi connectivity index (χ2v) is 8.93. The van der Waals surface area contributed by atoms with Gasteiger partial charge in [0.05, 0.1) is 26.2 Å². The first-order chi connectivity index (χ1) is 15.3. The van der Waals surface area contributed by atoms with Gasteiger partial charge in [0, 0.05) is 20.1 Å². The van der Waals surface area contributed by atoms with Crippen LogP contribution in [-0.2, 0) is 20.7 Å². The first-order valence-corrected chi connectivity index (χ1v) is 11.9. The summed E-state index contributed by atoms with van der Waals surface area (Å²) in [5.74, 6) is 2.67. The topological polar surface area (TPSA) is 54.0 Å². The summed E-state index contributed by atoms with van der Waals surface area (Å²) in [4.78, 5) is 12.2. The molecule has 0 heterocycles. The maximum absolute atomic E-state index is 12.2. The van der Waals surface area contributed by atoms with Crippen molar-refractivity contribution in [3.8, 4) is 11.5 Å². The summed E-state index contributed by atoms with van der Waals surface area (Å²) in [7, 11) is 3.36. The summed E-state index contributed by atoms with van der Waals surface area (Å²) in [5.41, 5.74) is 1.24. The number of hydrogen-bond acceptors (Lipinski definition) is 5. The van der Waals surface area contributed by atoms with E-state index in [9.17, 15) is 4.79 Å². The number of rotatable bonds is 16. The van der Waals surface area contributed by atoms with Gasteiger partial charge in [-0.1, -0.05) is 45.9 Å². The van der Waals surface area contributed by atoms with Gasteiger partial charge in [-0.3, -0.25) is 4.79 Å². The largest absolute Gasteiger partial charge is 0.493 e. The highest BCUT2D eigenvalue weighted by molar-refractivity contribution is 5.72. The zero-order valence-corrected chi connectivity index (χ0v) is 21.2. The van der Waals surface area contributed by atoms with Gasteiger partial charge in [0.1, 0.15) is 0 Å². The first kappa shape index (κ1) is 28.0. The normalized spacial score (nSPS) is 13.5. The van der Waals surface area contributed by atoms with Crippen molar-refractivity contribution in [2.45, 2.75) is 60.3 Å². The van der Waals surface area contributed by atoms with Crippen LogP contribution in [-0.4, -0.2) is 40.0 Å². The van der Waals surface area contributed by atoms with Crippen LogP contribution in [0.2, 0.25) is 0 Å². The number of methoxy groups -OCH3 is 2. The predicted molar refractivity (Wildman–Crippen MR) is 130 cm³/mol. The molecule has 182 valence electrons. The average Bonchev–Trinajstić information content (AvgIpc) is 2.75. The van der Waals surface area contributed by atoms with E-state index in [1.165, 1.54) is 5.56 Å². The first-order valence-electron chi connectivity index (χ1n) is 11.9. The van der Waals surface area contributed by atoms with Crippen molar-refractivity contribution >= 4 is 5.97 Å². The maximum Gasteiger partial charge on any atom is 0.309 e. The highest BCUT2D eigenvalue weighted by Crippen LogP contribution is 2.31. The van der Waals surface area contributed by atoms with E-state index in [-0.39, 0.29) is 17.8 Å². The zero-order valence-electron chi connectivity index (χ0n) is 21.2. The molecular formula is C27H44O5. The lowest BCUT2D eigenvalue weighted by molar-refractivity contribution is -0.149. The fourth-order valence-corrected chi connectivity index (χ4v) is 3.64. The molecule has 0 aliphatic rings. The Kier molecular flexibility index (Phi) is 13.8. The molecule has 0 aliphatic carbocycles. The monoisotopic (exact) mass is 448 g/mol. The number of ether oxygens (including phenoxy) is 4. The average molecular weight is 449 g/mol. The predicted octanol–water partition coefficient (Wildman–Crippen LogP) is 6.10. The molecule has 1 aromatic rings. The van der Waals surface area contributed by atoms with E-state index in [2.05, 4.69) is 52.0 Å². The van der Waals surface area contributed by atoms with Crippen molar-refractivity contribution in [2.75, 3.05) is 34.0 Å². The fourth-order valence-electron chi connectivity index (χ4n) is 3.64. The quantitative estimate of drug-likeness (QED) is 0.174.